The Bertz CT molecular complexity index is 3170. The van der Waals surface area contributed by atoms with Crippen molar-refractivity contribution in [1.29, 1.82) is 0 Å². The Morgan fingerprint density at radius 1 is 0.269 bits per heavy atom. The molecule has 12 aromatic rings. The number of benzene rings is 8. The molecule has 0 aliphatic heterocycles. The van der Waals surface area contributed by atoms with E-state index in [9.17, 15) is 0 Å². The molecule has 52 heavy (non-hydrogen) atoms. The number of hydrogen-bond acceptors (Lipinski definition) is 2. The fraction of sp³-hybridized carbons (Fsp3) is 0. The molecule has 8 aromatic carbocycles. The lowest BCUT2D eigenvalue weighted by Crippen LogP contribution is -1.92. The quantitative estimate of drug-likeness (QED) is 0.188. The smallest absolute Gasteiger partial charge is 0.137 e. The van der Waals surface area contributed by atoms with Gasteiger partial charge in [0.25, 0.3) is 0 Å². The van der Waals surface area contributed by atoms with Crippen molar-refractivity contribution in [2.75, 3.05) is 0 Å². The van der Waals surface area contributed by atoms with E-state index in [4.69, 9.17) is 8.83 Å². The summed E-state index contributed by atoms with van der Waals surface area (Å²) in [5.74, 6) is 0. The van der Waals surface area contributed by atoms with Gasteiger partial charge in [0, 0.05) is 66.6 Å². The number of hydrogen-bond donors (Lipinski definition) is 0. The maximum absolute atomic E-state index is 6.53. The first-order chi connectivity index (χ1) is 25.8. The largest absolute Gasteiger partial charge is 0.456 e. The van der Waals surface area contributed by atoms with Gasteiger partial charge in [-0.15, -0.1) is 0 Å². The van der Waals surface area contributed by atoms with Gasteiger partial charge in [-0.05, 0) is 83.9 Å². The van der Waals surface area contributed by atoms with Gasteiger partial charge in [0.05, 0.1) is 22.1 Å². The third-order valence-electron chi connectivity index (χ3n) is 10.9. The molecule has 0 atom stereocenters. The zero-order valence-electron chi connectivity index (χ0n) is 27.9. The molecule has 0 fully saturated rings. The zero-order valence-corrected chi connectivity index (χ0v) is 27.9. The summed E-state index contributed by atoms with van der Waals surface area (Å²) in [7, 11) is 0. The lowest BCUT2D eigenvalue weighted by Gasteiger charge is -2.07. The van der Waals surface area contributed by atoms with Gasteiger partial charge in [0.1, 0.15) is 22.3 Å². The molecule has 4 heterocycles. The molecule has 0 aliphatic rings. The minimum absolute atomic E-state index is 0.883. The Hall–Kier alpha value is -7.04. The highest BCUT2D eigenvalue weighted by Gasteiger charge is 2.19. The molecule has 0 unspecified atom stereocenters. The minimum Gasteiger partial charge on any atom is -0.456 e. The molecule has 4 aromatic heterocycles. The van der Waals surface area contributed by atoms with E-state index >= 15 is 0 Å². The molecule has 0 saturated carbocycles. The second-order valence-electron chi connectivity index (χ2n) is 13.7. The van der Waals surface area contributed by atoms with Crippen LogP contribution in [0.5, 0.6) is 0 Å². The Balaban J connectivity index is 1.04. The fourth-order valence-electron chi connectivity index (χ4n) is 8.55. The number of furan rings is 2. The highest BCUT2D eigenvalue weighted by atomic mass is 16.3. The minimum atomic E-state index is 0.883. The fourth-order valence-corrected chi connectivity index (χ4v) is 8.55. The summed E-state index contributed by atoms with van der Waals surface area (Å²) in [4.78, 5) is 0. The summed E-state index contributed by atoms with van der Waals surface area (Å²) in [6.45, 7) is 0. The molecular formula is C48H28N2O2. The van der Waals surface area contributed by atoms with Crippen molar-refractivity contribution in [2.45, 2.75) is 0 Å². The van der Waals surface area contributed by atoms with Crippen molar-refractivity contribution in [3.8, 4) is 22.5 Å². The van der Waals surface area contributed by atoms with E-state index in [1.807, 2.05) is 0 Å². The predicted octanol–water partition coefficient (Wildman–Crippen LogP) is 13.3. The number of nitrogens with zero attached hydrogens (tertiary/aromatic N) is 2. The van der Waals surface area contributed by atoms with Crippen LogP contribution >= 0.6 is 0 Å². The van der Waals surface area contributed by atoms with Crippen LogP contribution in [0.3, 0.4) is 0 Å². The Morgan fingerprint density at radius 2 is 0.673 bits per heavy atom. The van der Waals surface area contributed by atoms with Crippen LogP contribution in [0.2, 0.25) is 0 Å². The average Bonchev–Trinajstić information content (AvgIpc) is 3.93. The molecule has 0 radical (unpaired) electrons. The van der Waals surface area contributed by atoms with E-state index in [0.717, 1.165) is 77.4 Å². The number of aromatic nitrogens is 2. The molecule has 0 spiro atoms. The van der Waals surface area contributed by atoms with Crippen LogP contribution in [0.15, 0.2) is 179 Å². The van der Waals surface area contributed by atoms with Crippen LogP contribution in [-0.2, 0) is 0 Å². The summed E-state index contributed by atoms with van der Waals surface area (Å²) < 4.78 is 17.7. The van der Waals surface area contributed by atoms with E-state index < -0.39 is 0 Å². The standard InChI is InChI=1S/C48H28N2O2/c1-3-11-31(12-4-1)49-41-17-9-7-15-33(41)35-25-39-37-23-29(19-21-45(37)51-47(39)27-43(35)49)30-20-22-46-38(24-30)40-26-36-34-16-8-10-18-42(34)50(32-13-5-2-6-14-32)44(36)28-48(40)52-46/h1-28H. The normalized spacial score (nSPS) is 12.2. The Labute approximate surface area is 296 Å². The van der Waals surface area contributed by atoms with Crippen molar-refractivity contribution in [2.24, 2.45) is 0 Å². The van der Waals surface area contributed by atoms with Crippen LogP contribution in [0.1, 0.15) is 0 Å². The molecule has 0 bridgehead atoms. The lowest BCUT2D eigenvalue weighted by molar-refractivity contribution is 0.669. The average molecular weight is 665 g/mol. The second-order valence-corrected chi connectivity index (χ2v) is 13.7. The van der Waals surface area contributed by atoms with Gasteiger partial charge in [-0.2, -0.15) is 0 Å². The second kappa shape index (κ2) is 10.3. The lowest BCUT2D eigenvalue weighted by atomic mass is 10.00. The molecule has 0 N–H and O–H groups in total. The maximum Gasteiger partial charge on any atom is 0.137 e. The summed E-state index contributed by atoms with van der Waals surface area (Å²) >= 11 is 0. The topological polar surface area (TPSA) is 36.1 Å². The maximum atomic E-state index is 6.53. The first-order valence-electron chi connectivity index (χ1n) is 17.7. The van der Waals surface area contributed by atoms with Crippen molar-refractivity contribution < 1.29 is 8.83 Å². The van der Waals surface area contributed by atoms with Crippen molar-refractivity contribution in [3.63, 3.8) is 0 Å². The Kier molecular flexibility index (Phi) is 5.47. The van der Waals surface area contributed by atoms with Crippen molar-refractivity contribution in [3.05, 3.63) is 170 Å². The van der Waals surface area contributed by atoms with Crippen LogP contribution < -0.4 is 0 Å². The third-order valence-corrected chi connectivity index (χ3v) is 10.9. The zero-order chi connectivity index (χ0) is 33.9. The van der Waals surface area contributed by atoms with E-state index in [-0.39, 0.29) is 0 Å². The van der Waals surface area contributed by atoms with Gasteiger partial charge in [-0.25, -0.2) is 0 Å². The molecule has 242 valence electrons. The molecule has 12 rings (SSSR count). The SMILES string of the molecule is c1ccc(-n2c3ccccc3c3cc4c(cc32)oc2ccc(-c3ccc5oc6cc7c(cc6c5c3)c3ccccc3n7-c3ccccc3)cc24)cc1. The molecule has 4 nitrogen and oxygen atoms in total. The first-order valence-corrected chi connectivity index (χ1v) is 17.7. The monoisotopic (exact) mass is 664 g/mol. The highest BCUT2D eigenvalue weighted by molar-refractivity contribution is 6.19. The van der Waals surface area contributed by atoms with Crippen LogP contribution in [0, 0.1) is 0 Å². The molecule has 0 saturated heterocycles. The molecule has 0 aliphatic carbocycles. The van der Waals surface area contributed by atoms with Crippen LogP contribution in [0.25, 0.3) is 110 Å². The summed E-state index contributed by atoms with van der Waals surface area (Å²) in [5.41, 5.74) is 12.7. The summed E-state index contributed by atoms with van der Waals surface area (Å²) in [5, 5.41) is 9.34. The predicted molar refractivity (Wildman–Crippen MR) is 215 cm³/mol. The van der Waals surface area contributed by atoms with E-state index in [0.29, 0.717) is 0 Å². The first kappa shape index (κ1) is 27.7. The van der Waals surface area contributed by atoms with Crippen LogP contribution in [-0.4, -0.2) is 9.13 Å². The highest BCUT2D eigenvalue weighted by Crippen LogP contribution is 2.42. The molecular weight excluding hydrogens is 637 g/mol. The number of fused-ring (bicyclic) bond motifs is 12. The summed E-state index contributed by atoms with van der Waals surface area (Å²) in [6.07, 6.45) is 0. The number of rotatable bonds is 3. The van der Waals surface area contributed by atoms with Crippen molar-refractivity contribution >= 4 is 87.5 Å². The van der Waals surface area contributed by atoms with Gasteiger partial charge in [0.15, 0.2) is 0 Å². The van der Waals surface area contributed by atoms with Gasteiger partial charge in [-0.1, -0.05) is 84.9 Å². The van der Waals surface area contributed by atoms with Gasteiger partial charge < -0.3 is 18.0 Å². The van der Waals surface area contributed by atoms with Gasteiger partial charge in [-0.3, -0.25) is 0 Å². The van der Waals surface area contributed by atoms with E-state index in [1.54, 1.807) is 0 Å². The molecule has 4 heteroatoms. The Morgan fingerprint density at radius 3 is 1.13 bits per heavy atom. The van der Waals surface area contributed by atoms with Gasteiger partial charge in [0.2, 0.25) is 0 Å². The van der Waals surface area contributed by atoms with E-state index in [1.165, 1.54) is 32.6 Å². The van der Waals surface area contributed by atoms with Gasteiger partial charge >= 0.3 is 0 Å². The number of para-hydroxylation sites is 4. The third kappa shape index (κ3) is 3.81. The summed E-state index contributed by atoms with van der Waals surface area (Å²) in [6, 6.07) is 60.5. The van der Waals surface area contributed by atoms with Crippen LogP contribution in [0.4, 0.5) is 0 Å². The van der Waals surface area contributed by atoms with E-state index in [2.05, 4.69) is 179 Å². The van der Waals surface area contributed by atoms with Crippen molar-refractivity contribution in [1.82, 2.24) is 9.13 Å². The molecule has 0 amide bonds.